The summed E-state index contributed by atoms with van der Waals surface area (Å²) in [7, 11) is 1.48. The van der Waals surface area contributed by atoms with Gasteiger partial charge in [0.05, 0.1) is 12.1 Å². The summed E-state index contributed by atoms with van der Waals surface area (Å²) in [5.41, 5.74) is 1.07. The van der Waals surface area contributed by atoms with Gasteiger partial charge in [0.1, 0.15) is 24.3 Å². The quantitative estimate of drug-likeness (QED) is 0.788. The second-order valence-electron chi connectivity index (χ2n) is 3.87. The molecule has 2 aromatic rings. The van der Waals surface area contributed by atoms with Gasteiger partial charge in [-0.2, -0.15) is 0 Å². The highest BCUT2D eigenvalue weighted by atomic mass is 35.5. The van der Waals surface area contributed by atoms with Crippen LogP contribution in [0.5, 0.6) is 11.5 Å². The maximum Gasteiger partial charge on any atom is 0.180 e. The van der Waals surface area contributed by atoms with Gasteiger partial charge in [0.25, 0.3) is 0 Å². The van der Waals surface area contributed by atoms with E-state index >= 15 is 0 Å². The monoisotopic (exact) mass is 281 g/mol. The lowest BCUT2D eigenvalue weighted by atomic mass is 10.2. The largest absolute Gasteiger partial charge is 0.493 e. The van der Waals surface area contributed by atoms with Gasteiger partial charge in [-0.15, -0.1) is 0 Å². The van der Waals surface area contributed by atoms with Crippen molar-refractivity contribution in [3.05, 3.63) is 40.2 Å². The van der Waals surface area contributed by atoms with Gasteiger partial charge >= 0.3 is 0 Å². The summed E-state index contributed by atoms with van der Waals surface area (Å²) in [5.74, 6) is 1.47. The van der Waals surface area contributed by atoms with Crippen molar-refractivity contribution >= 4 is 17.9 Å². The van der Waals surface area contributed by atoms with E-state index in [-0.39, 0.29) is 6.61 Å². The summed E-state index contributed by atoms with van der Waals surface area (Å²) in [6, 6.07) is 4.84. The number of halogens is 1. The zero-order valence-corrected chi connectivity index (χ0v) is 11.2. The van der Waals surface area contributed by atoms with E-state index in [1.807, 2.05) is 0 Å². The van der Waals surface area contributed by atoms with E-state index in [2.05, 4.69) is 5.16 Å². The van der Waals surface area contributed by atoms with Gasteiger partial charge in [-0.1, -0.05) is 16.8 Å². The van der Waals surface area contributed by atoms with Crippen LogP contribution in [0.1, 0.15) is 21.8 Å². The fraction of sp³-hybridized carbons (Fsp3) is 0.231. The molecule has 5 nitrogen and oxygen atoms in total. The molecule has 0 aliphatic carbocycles. The molecule has 2 rings (SSSR count). The lowest BCUT2D eigenvalue weighted by Gasteiger charge is -2.11. The molecule has 0 atom stereocenters. The Morgan fingerprint density at radius 3 is 2.79 bits per heavy atom. The zero-order chi connectivity index (χ0) is 13.8. The minimum Gasteiger partial charge on any atom is -0.493 e. The molecule has 0 amide bonds. The fourth-order valence-corrected chi connectivity index (χ4v) is 1.85. The lowest BCUT2D eigenvalue weighted by Crippen LogP contribution is -1.99. The van der Waals surface area contributed by atoms with Crippen LogP contribution in [0.15, 0.2) is 22.7 Å². The zero-order valence-electron chi connectivity index (χ0n) is 10.5. The van der Waals surface area contributed by atoms with Crippen LogP contribution >= 0.6 is 11.6 Å². The number of aryl methyl sites for hydroxylation is 1. The minimum atomic E-state index is 0.202. The number of benzene rings is 1. The second kappa shape index (κ2) is 5.75. The first-order valence-electron chi connectivity index (χ1n) is 5.51. The van der Waals surface area contributed by atoms with Crippen molar-refractivity contribution in [2.24, 2.45) is 0 Å². The molecule has 0 unspecified atom stereocenters. The smallest absolute Gasteiger partial charge is 0.180 e. The Bertz CT molecular complexity index is 594. The van der Waals surface area contributed by atoms with Gasteiger partial charge in [0.15, 0.2) is 11.5 Å². The Labute approximate surface area is 115 Å². The van der Waals surface area contributed by atoms with Gasteiger partial charge in [-0.05, 0) is 19.1 Å². The number of rotatable bonds is 5. The van der Waals surface area contributed by atoms with Crippen LogP contribution in [-0.4, -0.2) is 18.6 Å². The predicted molar refractivity (Wildman–Crippen MR) is 69.0 cm³/mol. The van der Waals surface area contributed by atoms with Crippen LogP contribution in [-0.2, 0) is 6.61 Å². The van der Waals surface area contributed by atoms with E-state index in [1.54, 1.807) is 19.1 Å². The van der Waals surface area contributed by atoms with E-state index in [0.717, 1.165) is 0 Å². The third-order valence-corrected chi connectivity index (χ3v) is 2.71. The molecule has 19 heavy (non-hydrogen) atoms. The predicted octanol–water partition coefficient (Wildman–Crippen LogP) is 3.04. The molecule has 0 spiro atoms. The van der Waals surface area contributed by atoms with E-state index in [0.29, 0.717) is 39.8 Å². The molecule has 0 radical (unpaired) electrons. The molecule has 0 aliphatic heterocycles. The van der Waals surface area contributed by atoms with Crippen molar-refractivity contribution in [2.75, 3.05) is 7.11 Å². The number of nitrogens with zero attached hydrogens (tertiary/aromatic N) is 1. The first-order chi connectivity index (χ1) is 9.13. The van der Waals surface area contributed by atoms with E-state index in [4.69, 9.17) is 25.6 Å². The average Bonchev–Trinajstić information content (AvgIpc) is 2.82. The molecule has 0 bridgehead atoms. The van der Waals surface area contributed by atoms with E-state index in [1.165, 1.54) is 13.2 Å². The SMILES string of the molecule is COc1cc(C=O)cc(Cl)c1OCc1cc(C)on1. The van der Waals surface area contributed by atoms with Crippen molar-refractivity contribution < 1.29 is 18.8 Å². The number of carbonyl (C=O) groups excluding carboxylic acids is 1. The van der Waals surface area contributed by atoms with Crippen molar-refractivity contribution in [1.82, 2.24) is 5.16 Å². The van der Waals surface area contributed by atoms with Gasteiger partial charge in [-0.3, -0.25) is 4.79 Å². The number of hydrogen-bond donors (Lipinski definition) is 0. The molecule has 0 N–H and O–H groups in total. The molecule has 0 saturated heterocycles. The Morgan fingerprint density at radius 2 is 2.21 bits per heavy atom. The summed E-state index contributed by atoms with van der Waals surface area (Å²) in [5, 5.41) is 4.12. The summed E-state index contributed by atoms with van der Waals surface area (Å²) in [6.45, 7) is 2.00. The molecule has 1 aromatic carbocycles. The minimum absolute atomic E-state index is 0.202. The third-order valence-electron chi connectivity index (χ3n) is 2.43. The molecule has 6 heteroatoms. The summed E-state index contributed by atoms with van der Waals surface area (Å²) < 4.78 is 15.6. The molecule has 0 fully saturated rings. The highest BCUT2D eigenvalue weighted by Crippen LogP contribution is 2.36. The molecule has 100 valence electrons. The van der Waals surface area contributed by atoms with Gasteiger partial charge in [0, 0.05) is 11.6 Å². The maximum absolute atomic E-state index is 10.7. The number of carbonyl (C=O) groups is 1. The van der Waals surface area contributed by atoms with E-state index < -0.39 is 0 Å². The van der Waals surface area contributed by atoms with Crippen molar-refractivity contribution in [1.29, 1.82) is 0 Å². The van der Waals surface area contributed by atoms with Crippen molar-refractivity contribution in [3.8, 4) is 11.5 Å². The lowest BCUT2D eigenvalue weighted by molar-refractivity contribution is 0.112. The Balaban J connectivity index is 2.21. The van der Waals surface area contributed by atoms with Gasteiger partial charge in [-0.25, -0.2) is 0 Å². The molecule has 1 aromatic heterocycles. The standard InChI is InChI=1S/C13H12ClNO4/c1-8-3-10(15-19-8)7-18-13-11(14)4-9(6-16)5-12(13)17-2/h3-6H,7H2,1-2H3. The highest BCUT2D eigenvalue weighted by molar-refractivity contribution is 6.32. The number of aldehydes is 1. The van der Waals surface area contributed by atoms with Crippen LogP contribution in [0.4, 0.5) is 0 Å². The van der Waals surface area contributed by atoms with Crippen molar-refractivity contribution in [2.45, 2.75) is 13.5 Å². The number of hydrogen-bond acceptors (Lipinski definition) is 5. The fourth-order valence-electron chi connectivity index (χ4n) is 1.58. The molecular formula is C13H12ClNO4. The van der Waals surface area contributed by atoms with Crippen LogP contribution < -0.4 is 9.47 Å². The Hall–Kier alpha value is -2.01. The average molecular weight is 282 g/mol. The highest BCUT2D eigenvalue weighted by Gasteiger charge is 2.13. The second-order valence-corrected chi connectivity index (χ2v) is 4.28. The Kier molecular flexibility index (Phi) is 4.06. The summed E-state index contributed by atoms with van der Waals surface area (Å²) >= 11 is 6.06. The van der Waals surface area contributed by atoms with E-state index in [9.17, 15) is 4.79 Å². The maximum atomic E-state index is 10.7. The Morgan fingerprint density at radius 1 is 1.42 bits per heavy atom. The molecule has 0 saturated carbocycles. The van der Waals surface area contributed by atoms with Crippen LogP contribution in [0.25, 0.3) is 0 Å². The normalized spacial score (nSPS) is 10.3. The topological polar surface area (TPSA) is 61.6 Å². The number of methoxy groups -OCH3 is 1. The summed E-state index contributed by atoms with van der Waals surface area (Å²) in [4.78, 5) is 10.7. The van der Waals surface area contributed by atoms with Gasteiger partial charge < -0.3 is 14.0 Å². The van der Waals surface area contributed by atoms with Gasteiger partial charge in [0.2, 0.25) is 0 Å². The first kappa shape index (κ1) is 13.4. The third kappa shape index (κ3) is 3.06. The molecule has 0 aliphatic rings. The van der Waals surface area contributed by atoms with Crippen LogP contribution in [0, 0.1) is 6.92 Å². The summed E-state index contributed by atoms with van der Waals surface area (Å²) in [6.07, 6.45) is 0.694. The first-order valence-corrected chi connectivity index (χ1v) is 5.89. The molecule has 1 heterocycles. The number of ether oxygens (including phenoxy) is 2. The van der Waals surface area contributed by atoms with Crippen molar-refractivity contribution in [3.63, 3.8) is 0 Å². The van der Waals surface area contributed by atoms with Crippen LogP contribution in [0.3, 0.4) is 0 Å². The molecular weight excluding hydrogens is 270 g/mol. The van der Waals surface area contributed by atoms with Crippen LogP contribution in [0.2, 0.25) is 5.02 Å². The number of aromatic nitrogens is 1.